The number of aryl methyl sites for hydroxylation is 1. The molecule has 0 bridgehead atoms. The van der Waals surface area contributed by atoms with Gasteiger partial charge in [0.25, 0.3) is 5.91 Å². The van der Waals surface area contributed by atoms with Crippen molar-refractivity contribution in [2.24, 2.45) is 0 Å². The molecule has 0 saturated carbocycles. The molecule has 1 atom stereocenters. The van der Waals surface area contributed by atoms with Gasteiger partial charge in [-0.3, -0.25) is 9.69 Å². The highest BCUT2D eigenvalue weighted by Gasteiger charge is 2.26. The summed E-state index contributed by atoms with van der Waals surface area (Å²) < 4.78 is 16.5. The van der Waals surface area contributed by atoms with E-state index in [2.05, 4.69) is 16.3 Å². The molecule has 1 amide bonds. The molecule has 1 fully saturated rings. The summed E-state index contributed by atoms with van der Waals surface area (Å²) in [6.45, 7) is 4.90. The Labute approximate surface area is 165 Å². The molecule has 2 aromatic carbocycles. The average molecular weight is 382 g/mol. The van der Waals surface area contributed by atoms with E-state index in [1.807, 2.05) is 43.3 Å². The number of hydrogen-bond donors (Lipinski definition) is 1. The first-order valence-electron chi connectivity index (χ1n) is 9.79. The Balaban J connectivity index is 1.37. The van der Waals surface area contributed by atoms with Crippen LogP contribution in [0.1, 0.15) is 30.0 Å². The van der Waals surface area contributed by atoms with Gasteiger partial charge in [-0.2, -0.15) is 0 Å². The first-order chi connectivity index (χ1) is 13.7. The first-order valence-corrected chi connectivity index (χ1v) is 9.79. The molecule has 1 saturated heterocycles. The SMILES string of the molecule is Cc1ccc(OCC(=O)NCC(c2ccc3c(c2)OCO3)N2CCCC2)cc1. The fourth-order valence-corrected chi connectivity index (χ4v) is 3.68. The van der Waals surface area contributed by atoms with Crippen molar-refractivity contribution in [3.05, 3.63) is 53.6 Å². The number of nitrogens with zero attached hydrogens (tertiary/aromatic N) is 1. The van der Waals surface area contributed by atoms with Gasteiger partial charge in [-0.15, -0.1) is 0 Å². The lowest BCUT2D eigenvalue weighted by atomic mass is 10.0. The predicted molar refractivity (Wildman–Crippen MR) is 106 cm³/mol. The van der Waals surface area contributed by atoms with Crippen LogP contribution in [-0.4, -0.2) is 43.8 Å². The second-order valence-corrected chi connectivity index (χ2v) is 7.28. The maximum atomic E-state index is 12.3. The van der Waals surface area contributed by atoms with Crippen molar-refractivity contribution >= 4 is 5.91 Å². The van der Waals surface area contributed by atoms with Crippen LogP contribution in [0.5, 0.6) is 17.2 Å². The minimum atomic E-state index is -0.120. The van der Waals surface area contributed by atoms with Gasteiger partial charge in [0.05, 0.1) is 6.04 Å². The van der Waals surface area contributed by atoms with Crippen molar-refractivity contribution in [2.45, 2.75) is 25.8 Å². The lowest BCUT2D eigenvalue weighted by Gasteiger charge is -2.28. The summed E-state index contributed by atoms with van der Waals surface area (Å²) in [4.78, 5) is 14.7. The summed E-state index contributed by atoms with van der Waals surface area (Å²) in [6.07, 6.45) is 2.37. The largest absolute Gasteiger partial charge is 0.484 e. The maximum Gasteiger partial charge on any atom is 0.258 e. The van der Waals surface area contributed by atoms with Crippen LogP contribution in [0, 0.1) is 6.92 Å². The van der Waals surface area contributed by atoms with Crippen LogP contribution < -0.4 is 19.5 Å². The molecule has 0 aromatic heterocycles. The van der Waals surface area contributed by atoms with Crippen LogP contribution in [0.3, 0.4) is 0 Å². The van der Waals surface area contributed by atoms with E-state index in [1.54, 1.807) is 0 Å². The van der Waals surface area contributed by atoms with Gasteiger partial charge < -0.3 is 19.5 Å². The molecule has 148 valence electrons. The number of carbonyl (C=O) groups excluding carboxylic acids is 1. The molecule has 2 aliphatic rings. The third-order valence-electron chi connectivity index (χ3n) is 5.25. The van der Waals surface area contributed by atoms with E-state index in [1.165, 1.54) is 12.8 Å². The van der Waals surface area contributed by atoms with Gasteiger partial charge in [-0.05, 0) is 62.7 Å². The highest BCUT2D eigenvalue weighted by atomic mass is 16.7. The van der Waals surface area contributed by atoms with Crippen molar-refractivity contribution in [2.75, 3.05) is 33.0 Å². The third-order valence-corrected chi connectivity index (χ3v) is 5.25. The normalized spacial score (nSPS) is 16.8. The zero-order valence-electron chi connectivity index (χ0n) is 16.1. The molecular formula is C22H26N2O4. The topological polar surface area (TPSA) is 60.0 Å². The van der Waals surface area contributed by atoms with Crippen LogP contribution in [0.4, 0.5) is 0 Å². The van der Waals surface area contributed by atoms with Crippen LogP contribution in [0.25, 0.3) is 0 Å². The summed E-state index contributed by atoms with van der Waals surface area (Å²) in [6, 6.07) is 13.8. The number of amides is 1. The van der Waals surface area contributed by atoms with E-state index < -0.39 is 0 Å². The summed E-state index contributed by atoms with van der Waals surface area (Å²) in [5, 5.41) is 3.03. The molecule has 6 heteroatoms. The molecule has 2 aliphatic heterocycles. The van der Waals surface area contributed by atoms with E-state index in [-0.39, 0.29) is 25.3 Å². The molecule has 0 radical (unpaired) electrons. The number of benzene rings is 2. The minimum absolute atomic E-state index is 0.0108. The minimum Gasteiger partial charge on any atom is -0.484 e. The number of likely N-dealkylation sites (tertiary alicyclic amines) is 1. The Kier molecular flexibility index (Phi) is 5.67. The number of rotatable bonds is 7. The Hall–Kier alpha value is -2.73. The van der Waals surface area contributed by atoms with Gasteiger partial charge in [-0.25, -0.2) is 0 Å². The number of nitrogens with one attached hydrogen (secondary N) is 1. The molecular weight excluding hydrogens is 356 g/mol. The molecule has 6 nitrogen and oxygen atoms in total. The van der Waals surface area contributed by atoms with E-state index in [4.69, 9.17) is 14.2 Å². The van der Waals surface area contributed by atoms with E-state index >= 15 is 0 Å². The summed E-state index contributed by atoms with van der Waals surface area (Å²) in [7, 11) is 0. The van der Waals surface area contributed by atoms with Crippen LogP contribution >= 0.6 is 0 Å². The Morgan fingerprint density at radius 1 is 1.11 bits per heavy atom. The highest BCUT2D eigenvalue weighted by Crippen LogP contribution is 2.36. The van der Waals surface area contributed by atoms with Gasteiger partial charge in [0.15, 0.2) is 18.1 Å². The van der Waals surface area contributed by atoms with Crippen molar-refractivity contribution in [1.29, 1.82) is 0 Å². The monoisotopic (exact) mass is 382 g/mol. The molecule has 2 aromatic rings. The third kappa shape index (κ3) is 4.39. The zero-order chi connectivity index (χ0) is 19.3. The standard InChI is InChI=1S/C22H26N2O4/c1-16-4-7-18(8-5-16)26-14-22(25)23-13-19(24-10-2-3-11-24)17-6-9-20-21(12-17)28-15-27-20/h4-9,12,19H,2-3,10-11,13-15H2,1H3,(H,23,25). The van der Waals surface area contributed by atoms with Crippen molar-refractivity contribution in [1.82, 2.24) is 10.2 Å². The quantitative estimate of drug-likeness (QED) is 0.798. The molecule has 1 N–H and O–H groups in total. The Bertz CT molecular complexity index is 816. The fraction of sp³-hybridized carbons (Fsp3) is 0.409. The highest BCUT2D eigenvalue weighted by molar-refractivity contribution is 5.77. The van der Waals surface area contributed by atoms with E-state index in [9.17, 15) is 4.79 Å². The predicted octanol–water partition coefficient (Wildman–Crippen LogP) is 3.06. The Morgan fingerprint density at radius 2 is 1.86 bits per heavy atom. The molecule has 2 heterocycles. The van der Waals surface area contributed by atoms with Gasteiger partial charge in [-0.1, -0.05) is 23.8 Å². The lowest BCUT2D eigenvalue weighted by molar-refractivity contribution is -0.123. The fourth-order valence-electron chi connectivity index (χ4n) is 3.68. The Morgan fingerprint density at radius 3 is 2.64 bits per heavy atom. The number of hydrogen-bond acceptors (Lipinski definition) is 5. The second kappa shape index (κ2) is 8.52. The lowest BCUT2D eigenvalue weighted by Crippen LogP contribution is -2.38. The van der Waals surface area contributed by atoms with Crippen LogP contribution in [0.2, 0.25) is 0 Å². The summed E-state index contributed by atoms with van der Waals surface area (Å²) in [5.41, 5.74) is 2.29. The van der Waals surface area contributed by atoms with Crippen LogP contribution in [0.15, 0.2) is 42.5 Å². The number of carbonyl (C=O) groups is 1. The van der Waals surface area contributed by atoms with E-state index in [0.29, 0.717) is 12.3 Å². The molecule has 1 unspecified atom stereocenters. The average Bonchev–Trinajstić information content (AvgIpc) is 3.39. The first kappa shape index (κ1) is 18.6. The van der Waals surface area contributed by atoms with Crippen molar-refractivity contribution < 1.29 is 19.0 Å². The second-order valence-electron chi connectivity index (χ2n) is 7.28. The smallest absolute Gasteiger partial charge is 0.258 e. The van der Waals surface area contributed by atoms with Gasteiger partial charge in [0.2, 0.25) is 6.79 Å². The maximum absolute atomic E-state index is 12.3. The van der Waals surface area contributed by atoms with Crippen molar-refractivity contribution in [3.63, 3.8) is 0 Å². The van der Waals surface area contributed by atoms with Gasteiger partial charge in [0, 0.05) is 6.54 Å². The molecule has 0 aliphatic carbocycles. The zero-order valence-corrected chi connectivity index (χ0v) is 16.1. The van der Waals surface area contributed by atoms with Crippen molar-refractivity contribution in [3.8, 4) is 17.2 Å². The number of ether oxygens (including phenoxy) is 3. The number of fused-ring (bicyclic) bond motifs is 1. The molecule has 0 spiro atoms. The van der Waals surface area contributed by atoms with Gasteiger partial charge in [0.1, 0.15) is 5.75 Å². The molecule has 4 rings (SSSR count). The van der Waals surface area contributed by atoms with Gasteiger partial charge >= 0.3 is 0 Å². The molecule has 28 heavy (non-hydrogen) atoms. The van der Waals surface area contributed by atoms with Crippen LogP contribution in [-0.2, 0) is 4.79 Å². The van der Waals surface area contributed by atoms with E-state index in [0.717, 1.165) is 35.7 Å². The summed E-state index contributed by atoms with van der Waals surface area (Å²) in [5.74, 6) is 2.13. The summed E-state index contributed by atoms with van der Waals surface area (Å²) >= 11 is 0.